The molecule has 1 heterocycles. The minimum Gasteiger partial charge on any atom is -0.228 e. The van der Waals surface area contributed by atoms with Crippen LogP contribution in [0.25, 0.3) is 78.1 Å². The summed E-state index contributed by atoms with van der Waals surface area (Å²) in [5, 5.41) is 2.57. The van der Waals surface area contributed by atoms with Crippen LogP contribution in [0.4, 0.5) is 0 Å². The van der Waals surface area contributed by atoms with Crippen LogP contribution in [-0.2, 0) is 5.41 Å². The van der Waals surface area contributed by atoms with Gasteiger partial charge in [0.05, 0.1) is 11.4 Å². The molecule has 232 valence electrons. The SMILES string of the molecule is CC1(C)c2cc(-c3cc(-c4ccccc4)nc(-c4ccccc4)n3)ccc2-c2c(-c3cccc(-c4ccccc4)c3)cc3ccccc3c21. The van der Waals surface area contributed by atoms with Gasteiger partial charge in [-0.15, -0.1) is 0 Å². The molecule has 0 spiro atoms. The molecule has 2 heteroatoms. The number of nitrogens with zero attached hydrogens (tertiary/aromatic N) is 2. The maximum absolute atomic E-state index is 5.16. The summed E-state index contributed by atoms with van der Waals surface area (Å²) in [6.07, 6.45) is 0. The van der Waals surface area contributed by atoms with Crippen LogP contribution in [0.2, 0.25) is 0 Å². The van der Waals surface area contributed by atoms with E-state index in [4.69, 9.17) is 9.97 Å². The Morgan fingerprint density at radius 3 is 1.73 bits per heavy atom. The highest BCUT2D eigenvalue weighted by atomic mass is 14.9. The fourth-order valence-corrected chi connectivity index (χ4v) is 7.64. The molecular formula is C47H34N2. The summed E-state index contributed by atoms with van der Waals surface area (Å²) in [6.45, 7) is 4.76. The maximum atomic E-state index is 5.16. The highest BCUT2D eigenvalue weighted by Crippen LogP contribution is 2.55. The lowest BCUT2D eigenvalue weighted by Gasteiger charge is -2.24. The van der Waals surface area contributed by atoms with Gasteiger partial charge in [0.25, 0.3) is 0 Å². The molecule has 2 nitrogen and oxygen atoms in total. The summed E-state index contributed by atoms with van der Waals surface area (Å²) in [4.78, 5) is 10.2. The second kappa shape index (κ2) is 11.5. The summed E-state index contributed by atoms with van der Waals surface area (Å²) in [7, 11) is 0. The fraction of sp³-hybridized carbons (Fsp3) is 0.0638. The molecular weight excluding hydrogens is 593 g/mol. The Morgan fingerprint density at radius 2 is 1.00 bits per heavy atom. The summed E-state index contributed by atoms with van der Waals surface area (Å²) < 4.78 is 0. The Balaban J connectivity index is 1.25. The summed E-state index contributed by atoms with van der Waals surface area (Å²) >= 11 is 0. The van der Waals surface area contributed by atoms with Gasteiger partial charge < -0.3 is 0 Å². The summed E-state index contributed by atoms with van der Waals surface area (Å²) in [6, 6.07) is 60.6. The van der Waals surface area contributed by atoms with E-state index in [1.807, 2.05) is 24.3 Å². The van der Waals surface area contributed by atoms with Crippen LogP contribution in [0.15, 0.2) is 170 Å². The molecule has 1 aliphatic rings. The molecule has 0 bridgehead atoms. The number of rotatable bonds is 5. The normalized spacial score (nSPS) is 12.9. The molecule has 8 aromatic rings. The van der Waals surface area contributed by atoms with E-state index in [0.717, 1.165) is 33.9 Å². The van der Waals surface area contributed by atoms with Gasteiger partial charge in [0.1, 0.15) is 0 Å². The van der Waals surface area contributed by atoms with E-state index >= 15 is 0 Å². The van der Waals surface area contributed by atoms with Gasteiger partial charge in [0.2, 0.25) is 0 Å². The molecule has 0 saturated carbocycles. The van der Waals surface area contributed by atoms with Gasteiger partial charge in [0.15, 0.2) is 5.82 Å². The van der Waals surface area contributed by atoms with Crippen molar-refractivity contribution in [3.05, 3.63) is 181 Å². The first-order valence-electron chi connectivity index (χ1n) is 16.9. The van der Waals surface area contributed by atoms with E-state index < -0.39 is 0 Å². The van der Waals surface area contributed by atoms with Gasteiger partial charge in [-0.3, -0.25) is 0 Å². The molecule has 1 aliphatic carbocycles. The van der Waals surface area contributed by atoms with Crippen molar-refractivity contribution in [1.29, 1.82) is 0 Å². The van der Waals surface area contributed by atoms with Gasteiger partial charge in [-0.05, 0) is 79.5 Å². The molecule has 0 fully saturated rings. The van der Waals surface area contributed by atoms with Crippen LogP contribution < -0.4 is 0 Å². The zero-order chi connectivity index (χ0) is 33.0. The third-order valence-electron chi connectivity index (χ3n) is 10.0. The zero-order valence-corrected chi connectivity index (χ0v) is 27.6. The Morgan fingerprint density at radius 1 is 0.408 bits per heavy atom. The van der Waals surface area contributed by atoms with Crippen LogP contribution in [0.3, 0.4) is 0 Å². The molecule has 0 radical (unpaired) electrons. The number of hydrogen-bond acceptors (Lipinski definition) is 2. The maximum Gasteiger partial charge on any atom is 0.160 e. The Kier molecular flexibility index (Phi) is 6.84. The van der Waals surface area contributed by atoms with Crippen molar-refractivity contribution in [2.75, 3.05) is 0 Å². The fourth-order valence-electron chi connectivity index (χ4n) is 7.64. The average molecular weight is 627 g/mol. The summed E-state index contributed by atoms with van der Waals surface area (Å²) in [5.41, 5.74) is 15.0. The average Bonchev–Trinajstić information content (AvgIpc) is 3.41. The van der Waals surface area contributed by atoms with Crippen LogP contribution in [0, 0.1) is 0 Å². The molecule has 0 saturated heterocycles. The number of aromatic nitrogens is 2. The standard InChI is InChI=1S/C47H34N2/c1-47(2)41-29-37(43-30-42(32-17-8-4-9-18-32)48-46(49-43)33-19-10-5-11-20-33)25-26-39(41)44-40(28-36-21-12-13-24-38(36)45(44)47)35-23-14-22-34(27-35)31-15-6-3-7-16-31/h3-30H,1-2H3. The number of hydrogen-bond donors (Lipinski definition) is 0. The third kappa shape index (κ3) is 4.96. The highest BCUT2D eigenvalue weighted by molar-refractivity contribution is 6.05. The van der Waals surface area contributed by atoms with Gasteiger partial charge in [0, 0.05) is 22.1 Å². The van der Waals surface area contributed by atoms with E-state index in [0.29, 0.717) is 0 Å². The van der Waals surface area contributed by atoms with E-state index in [9.17, 15) is 0 Å². The molecule has 0 aliphatic heterocycles. The lowest BCUT2D eigenvalue weighted by molar-refractivity contribution is 0.666. The topological polar surface area (TPSA) is 25.8 Å². The second-order valence-corrected chi connectivity index (χ2v) is 13.4. The van der Waals surface area contributed by atoms with Crippen molar-refractivity contribution in [2.45, 2.75) is 19.3 Å². The van der Waals surface area contributed by atoms with Crippen molar-refractivity contribution >= 4 is 10.8 Å². The zero-order valence-electron chi connectivity index (χ0n) is 27.6. The van der Waals surface area contributed by atoms with Crippen molar-refractivity contribution in [3.8, 4) is 67.3 Å². The quantitative estimate of drug-likeness (QED) is 0.190. The smallest absolute Gasteiger partial charge is 0.160 e. The molecule has 1 aromatic heterocycles. The first-order valence-corrected chi connectivity index (χ1v) is 16.9. The molecule has 0 atom stereocenters. The van der Waals surface area contributed by atoms with E-state index in [1.54, 1.807) is 0 Å². The van der Waals surface area contributed by atoms with Crippen molar-refractivity contribution in [3.63, 3.8) is 0 Å². The van der Waals surface area contributed by atoms with Gasteiger partial charge in [-0.25, -0.2) is 9.97 Å². The second-order valence-electron chi connectivity index (χ2n) is 13.4. The lowest BCUT2D eigenvalue weighted by Crippen LogP contribution is -2.15. The van der Waals surface area contributed by atoms with Crippen LogP contribution in [0.1, 0.15) is 25.0 Å². The molecule has 0 N–H and O–H groups in total. The molecule has 0 amide bonds. The van der Waals surface area contributed by atoms with E-state index in [1.165, 1.54) is 55.3 Å². The van der Waals surface area contributed by atoms with Crippen molar-refractivity contribution in [2.24, 2.45) is 0 Å². The third-order valence-corrected chi connectivity index (χ3v) is 10.0. The molecule has 0 unspecified atom stereocenters. The largest absolute Gasteiger partial charge is 0.228 e. The van der Waals surface area contributed by atoms with Gasteiger partial charge >= 0.3 is 0 Å². The van der Waals surface area contributed by atoms with Gasteiger partial charge in [-0.1, -0.05) is 159 Å². The minimum absolute atomic E-state index is 0.231. The van der Waals surface area contributed by atoms with Gasteiger partial charge in [-0.2, -0.15) is 0 Å². The Hall–Kier alpha value is -6.12. The Labute approximate surface area is 287 Å². The predicted octanol–water partition coefficient (Wildman–Crippen LogP) is 12.3. The van der Waals surface area contributed by atoms with Crippen LogP contribution in [-0.4, -0.2) is 9.97 Å². The number of benzene rings is 7. The van der Waals surface area contributed by atoms with Crippen LogP contribution in [0.5, 0.6) is 0 Å². The molecule has 7 aromatic carbocycles. The van der Waals surface area contributed by atoms with Crippen LogP contribution >= 0.6 is 0 Å². The summed E-state index contributed by atoms with van der Waals surface area (Å²) in [5.74, 6) is 0.728. The van der Waals surface area contributed by atoms with Crippen molar-refractivity contribution in [1.82, 2.24) is 9.97 Å². The first kappa shape index (κ1) is 29.1. The molecule has 49 heavy (non-hydrogen) atoms. The molecule has 9 rings (SSSR count). The van der Waals surface area contributed by atoms with E-state index in [2.05, 4.69) is 159 Å². The monoisotopic (exact) mass is 626 g/mol. The Bertz CT molecular complexity index is 2440. The minimum atomic E-state index is -0.231. The lowest BCUT2D eigenvalue weighted by atomic mass is 9.79. The highest BCUT2D eigenvalue weighted by Gasteiger charge is 2.39. The van der Waals surface area contributed by atoms with Crippen molar-refractivity contribution < 1.29 is 0 Å². The first-order chi connectivity index (χ1) is 24.0. The predicted molar refractivity (Wildman–Crippen MR) is 204 cm³/mol. The number of fused-ring (bicyclic) bond motifs is 5. The van der Waals surface area contributed by atoms with E-state index in [-0.39, 0.29) is 5.41 Å².